The van der Waals surface area contributed by atoms with Crippen LogP contribution in [0.25, 0.3) is 0 Å². The molecule has 6 nitrogen and oxygen atoms in total. The van der Waals surface area contributed by atoms with Crippen LogP contribution in [0.3, 0.4) is 0 Å². The second-order valence-electron chi connectivity index (χ2n) is 3.17. The molecule has 2 fully saturated rings. The fraction of sp³-hybridized carbons (Fsp3) is 0.875. The number of rotatable bonds is 0. The number of cyclic esters (lactones) is 1. The highest BCUT2D eigenvalue weighted by molar-refractivity contribution is 7.47. The molecule has 2 rings (SSSR count). The molecular formula is C8H15O6P. The summed E-state index contributed by atoms with van der Waals surface area (Å²) < 4.78 is 23.3. The van der Waals surface area contributed by atoms with Crippen molar-refractivity contribution >= 4 is 13.8 Å². The lowest BCUT2D eigenvalue weighted by Crippen LogP contribution is -2.00. The van der Waals surface area contributed by atoms with E-state index in [0.29, 0.717) is 13.0 Å². The van der Waals surface area contributed by atoms with Gasteiger partial charge in [-0.1, -0.05) is 0 Å². The van der Waals surface area contributed by atoms with Gasteiger partial charge in [-0.05, 0) is 19.3 Å². The van der Waals surface area contributed by atoms with Gasteiger partial charge in [-0.2, -0.15) is 0 Å². The molecule has 0 radical (unpaired) electrons. The summed E-state index contributed by atoms with van der Waals surface area (Å²) in [5, 5.41) is 0. The number of esters is 1. The van der Waals surface area contributed by atoms with E-state index in [1.54, 1.807) is 0 Å². The second-order valence-corrected chi connectivity index (χ2v) is 4.62. The Bertz CT molecular complexity index is 234. The van der Waals surface area contributed by atoms with E-state index >= 15 is 0 Å². The number of carbonyl (C=O) groups is 1. The smallest absolute Gasteiger partial charge is 0.466 e. The Labute approximate surface area is 88.1 Å². The van der Waals surface area contributed by atoms with Gasteiger partial charge in [-0.3, -0.25) is 13.8 Å². The third-order valence-corrected chi connectivity index (χ3v) is 2.90. The summed E-state index contributed by atoms with van der Waals surface area (Å²) in [6.45, 7) is 1.10. The van der Waals surface area contributed by atoms with Crippen LogP contribution in [0.1, 0.15) is 25.7 Å². The van der Waals surface area contributed by atoms with Crippen LogP contribution >= 0.6 is 7.82 Å². The Morgan fingerprint density at radius 3 is 2.27 bits per heavy atom. The second kappa shape index (κ2) is 6.23. The summed E-state index contributed by atoms with van der Waals surface area (Å²) in [6, 6.07) is 0. The monoisotopic (exact) mass is 238 g/mol. The maximum atomic E-state index is 10.5. The molecule has 0 aromatic rings. The number of ether oxygens (including phenoxy) is 1. The topological polar surface area (TPSA) is 82.1 Å². The van der Waals surface area contributed by atoms with Crippen LogP contribution in [0.15, 0.2) is 0 Å². The number of carbonyl (C=O) groups excluding carboxylic acids is 1. The summed E-state index contributed by atoms with van der Waals surface area (Å²) >= 11 is 0. The first-order valence-corrected chi connectivity index (χ1v) is 6.37. The van der Waals surface area contributed by atoms with Crippen molar-refractivity contribution in [3.05, 3.63) is 0 Å². The van der Waals surface area contributed by atoms with Crippen LogP contribution in [0.2, 0.25) is 0 Å². The first kappa shape index (κ1) is 12.6. The molecule has 7 heteroatoms. The zero-order valence-corrected chi connectivity index (χ0v) is 9.28. The predicted molar refractivity (Wildman–Crippen MR) is 51.2 cm³/mol. The van der Waals surface area contributed by atoms with E-state index in [9.17, 15) is 9.36 Å². The number of hydrogen-bond donors (Lipinski definition) is 1. The molecule has 2 saturated heterocycles. The first-order valence-electron chi connectivity index (χ1n) is 4.88. The average Bonchev–Trinajstić information content (AvgIpc) is 2.44. The van der Waals surface area contributed by atoms with Crippen LogP contribution in [-0.2, 0) is 23.1 Å². The van der Waals surface area contributed by atoms with E-state index in [-0.39, 0.29) is 19.2 Å². The maximum Gasteiger partial charge on any atom is 0.472 e. The average molecular weight is 238 g/mol. The molecule has 1 N–H and O–H groups in total. The van der Waals surface area contributed by atoms with Crippen LogP contribution in [-0.4, -0.2) is 30.7 Å². The fourth-order valence-electron chi connectivity index (χ4n) is 1.15. The summed E-state index contributed by atoms with van der Waals surface area (Å²) in [4.78, 5) is 18.8. The largest absolute Gasteiger partial charge is 0.472 e. The number of phosphoric ester groups is 1. The van der Waals surface area contributed by atoms with Crippen LogP contribution in [0.4, 0.5) is 0 Å². The molecule has 0 aromatic carbocycles. The van der Waals surface area contributed by atoms with E-state index in [1.165, 1.54) is 0 Å². The SMILES string of the molecule is O=C1CCCCCO1.O=P1(O)OCCO1. The van der Waals surface area contributed by atoms with Gasteiger partial charge in [-0.15, -0.1) is 0 Å². The molecular weight excluding hydrogens is 223 g/mol. The van der Waals surface area contributed by atoms with E-state index in [4.69, 9.17) is 9.63 Å². The molecule has 0 bridgehead atoms. The highest BCUT2D eigenvalue weighted by Gasteiger charge is 2.26. The lowest BCUT2D eigenvalue weighted by atomic mass is 10.2. The molecule has 0 spiro atoms. The highest BCUT2D eigenvalue weighted by Crippen LogP contribution is 2.46. The third kappa shape index (κ3) is 5.89. The van der Waals surface area contributed by atoms with E-state index < -0.39 is 7.82 Å². The maximum absolute atomic E-state index is 10.5. The molecule has 2 heterocycles. The Morgan fingerprint density at radius 1 is 1.07 bits per heavy atom. The summed E-state index contributed by atoms with van der Waals surface area (Å²) in [5.74, 6) is -0.0255. The molecule has 2 aliphatic rings. The van der Waals surface area contributed by atoms with Crippen molar-refractivity contribution in [3.63, 3.8) is 0 Å². The van der Waals surface area contributed by atoms with Crippen molar-refractivity contribution in [2.45, 2.75) is 25.7 Å². The normalized spacial score (nSPS) is 24.7. The molecule has 0 atom stereocenters. The van der Waals surface area contributed by atoms with Gasteiger partial charge < -0.3 is 9.63 Å². The zero-order valence-electron chi connectivity index (χ0n) is 8.39. The standard InChI is InChI=1S/C6H10O2.C2H5O4P/c7-6-4-2-1-3-5-8-6;3-7(4)5-1-2-6-7/h1-5H2;1-2H2,(H,3,4). The number of hydrogen-bond acceptors (Lipinski definition) is 5. The minimum absolute atomic E-state index is 0.0255. The van der Waals surface area contributed by atoms with Gasteiger partial charge in [0.05, 0.1) is 19.8 Å². The molecule has 88 valence electrons. The third-order valence-electron chi connectivity index (χ3n) is 1.88. The van der Waals surface area contributed by atoms with Gasteiger partial charge in [0.25, 0.3) is 0 Å². The van der Waals surface area contributed by atoms with Gasteiger partial charge in [0, 0.05) is 6.42 Å². The summed E-state index contributed by atoms with van der Waals surface area (Å²) in [6.07, 6.45) is 3.83. The van der Waals surface area contributed by atoms with Crippen LogP contribution < -0.4 is 0 Å². The van der Waals surface area contributed by atoms with Gasteiger partial charge in [0.1, 0.15) is 0 Å². The van der Waals surface area contributed by atoms with Crippen LogP contribution in [0, 0.1) is 0 Å². The van der Waals surface area contributed by atoms with Crippen molar-refractivity contribution in [3.8, 4) is 0 Å². The van der Waals surface area contributed by atoms with Gasteiger partial charge in [0.15, 0.2) is 0 Å². The van der Waals surface area contributed by atoms with E-state index in [2.05, 4.69) is 9.05 Å². The molecule has 0 amide bonds. The first-order chi connectivity index (χ1) is 7.10. The van der Waals surface area contributed by atoms with Gasteiger partial charge in [-0.25, -0.2) is 4.57 Å². The van der Waals surface area contributed by atoms with Crippen LogP contribution in [0.5, 0.6) is 0 Å². The van der Waals surface area contributed by atoms with Crippen molar-refractivity contribution in [2.75, 3.05) is 19.8 Å². The zero-order chi connectivity index (χ0) is 11.1. The van der Waals surface area contributed by atoms with Gasteiger partial charge in [0.2, 0.25) is 0 Å². The lowest BCUT2D eigenvalue weighted by molar-refractivity contribution is -0.142. The minimum Gasteiger partial charge on any atom is -0.466 e. The fourth-order valence-corrected chi connectivity index (χ4v) is 1.83. The van der Waals surface area contributed by atoms with Gasteiger partial charge >= 0.3 is 13.8 Å². The Balaban J connectivity index is 0.000000151. The lowest BCUT2D eigenvalue weighted by Gasteiger charge is -1.94. The predicted octanol–water partition coefficient (Wildman–Crippen LogP) is 1.24. The van der Waals surface area contributed by atoms with Crippen molar-refractivity contribution in [2.24, 2.45) is 0 Å². The highest BCUT2D eigenvalue weighted by atomic mass is 31.2. The summed E-state index contributed by atoms with van der Waals surface area (Å²) in [5.41, 5.74) is 0. The molecule has 15 heavy (non-hydrogen) atoms. The molecule has 0 unspecified atom stereocenters. The van der Waals surface area contributed by atoms with E-state index in [0.717, 1.165) is 19.3 Å². The Morgan fingerprint density at radius 2 is 1.73 bits per heavy atom. The molecule has 0 aliphatic carbocycles. The van der Waals surface area contributed by atoms with Crippen molar-refractivity contribution in [1.29, 1.82) is 0 Å². The summed E-state index contributed by atoms with van der Waals surface area (Å²) in [7, 11) is -3.54. The molecule has 0 aromatic heterocycles. The molecule has 2 aliphatic heterocycles. The Hall–Kier alpha value is -0.420. The number of phosphoric acid groups is 1. The molecule has 0 saturated carbocycles. The Kier molecular flexibility index (Phi) is 5.25. The quantitative estimate of drug-likeness (QED) is 0.505. The van der Waals surface area contributed by atoms with Crippen molar-refractivity contribution < 1.29 is 28.0 Å². The van der Waals surface area contributed by atoms with Crippen molar-refractivity contribution in [1.82, 2.24) is 0 Å². The minimum atomic E-state index is -3.54. The van der Waals surface area contributed by atoms with E-state index in [1.807, 2.05) is 0 Å².